The van der Waals surface area contributed by atoms with Gasteiger partial charge in [0.05, 0.1) is 14.2 Å². The maximum atomic E-state index is 5.85. The first kappa shape index (κ1) is 19.3. The maximum Gasteiger partial charge on any atom is 0.174 e. The van der Waals surface area contributed by atoms with Crippen molar-refractivity contribution in [3.05, 3.63) is 77.6 Å². The molecule has 2 heterocycles. The number of hydrogen-bond donors (Lipinski definition) is 1. The van der Waals surface area contributed by atoms with Gasteiger partial charge in [-0.1, -0.05) is 12.1 Å². The number of methoxy groups -OCH3 is 2. The second kappa shape index (κ2) is 8.17. The number of rotatable bonds is 4. The lowest BCUT2D eigenvalue weighted by molar-refractivity contribution is 0.284. The van der Waals surface area contributed by atoms with Gasteiger partial charge in [0, 0.05) is 36.2 Å². The van der Waals surface area contributed by atoms with Crippen LogP contribution in [0.1, 0.15) is 22.9 Å². The molecule has 0 spiro atoms. The zero-order valence-electron chi connectivity index (χ0n) is 16.9. The van der Waals surface area contributed by atoms with E-state index in [1.54, 1.807) is 14.2 Å². The minimum atomic E-state index is -0.0754. The molecule has 150 valence electrons. The van der Waals surface area contributed by atoms with Crippen LogP contribution in [0.5, 0.6) is 11.5 Å². The summed E-state index contributed by atoms with van der Waals surface area (Å²) in [5, 5.41) is 4.11. The van der Waals surface area contributed by atoms with Crippen LogP contribution in [0.15, 0.2) is 60.8 Å². The van der Waals surface area contributed by atoms with Gasteiger partial charge in [0.1, 0.15) is 17.5 Å². The minimum absolute atomic E-state index is 0.0754. The van der Waals surface area contributed by atoms with Gasteiger partial charge >= 0.3 is 0 Å². The van der Waals surface area contributed by atoms with E-state index in [4.69, 9.17) is 21.7 Å². The van der Waals surface area contributed by atoms with Crippen molar-refractivity contribution in [1.29, 1.82) is 0 Å². The average molecular weight is 408 g/mol. The van der Waals surface area contributed by atoms with Crippen molar-refractivity contribution >= 4 is 23.0 Å². The smallest absolute Gasteiger partial charge is 0.174 e. The summed E-state index contributed by atoms with van der Waals surface area (Å²) in [6.07, 6.45) is 2.11. The normalized spacial score (nSPS) is 15.6. The van der Waals surface area contributed by atoms with Crippen molar-refractivity contribution in [3.8, 4) is 11.5 Å². The standard InChI is InChI=1S/C23H25N3O2S/c1-16-6-4-7-17(14-16)24-23(29)26-13-12-25-11-5-8-20(25)22(26)19-15-18(27-2)9-10-21(19)28-3/h4-11,14-15,22H,12-13H2,1-3H3,(H,24,29)/t22-/m1/s1. The summed E-state index contributed by atoms with van der Waals surface area (Å²) >= 11 is 5.85. The van der Waals surface area contributed by atoms with E-state index in [0.29, 0.717) is 5.11 Å². The van der Waals surface area contributed by atoms with E-state index >= 15 is 0 Å². The molecule has 1 atom stereocenters. The molecule has 1 N–H and O–H groups in total. The van der Waals surface area contributed by atoms with Gasteiger partial charge in [-0.15, -0.1) is 0 Å². The van der Waals surface area contributed by atoms with Crippen molar-refractivity contribution < 1.29 is 9.47 Å². The van der Waals surface area contributed by atoms with Crippen molar-refractivity contribution in [2.75, 3.05) is 26.1 Å². The molecule has 2 aromatic carbocycles. The van der Waals surface area contributed by atoms with Crippen molar-refractivity contribution in [2.45, 2.75) is 19.5 Å². The Morgan fingerprint density at radius 3 is 2.66 bits per heavy atom. The van der Waals surface area contributed by atoms with E-state index in [-0.39, 0.29) is 6.04 Å². The van der Waals surface area contributed by atoms with Crippen LogP contribution in [0.4, 0.5) is 5.69 Å². The Hall–Kier alpha value is -2.99. The highest BCUT2D eigenvalue weighted by atomic mass is 32.1. The highest BCUT2D eigenvalue weighted by Crippen LogP contribution is 2.39. The first-order valence-corrected chi connectivity index (χ1v) is 10.0. The summed E-state index contributed by atoms with van der Waals surface area (Å²) in [7, 11) is 3.37. The van der Waals surface area contributed by atoms with Crippen LogP contribution in [-0.4, -0.2) is 35.3 Å². The van der Waals surface area contributed by atoms with Gasteiger partial charge in [-0.25, -0.2) is 0 Å². The van der Waals surface area contributed by atoms with Crippen molar-refractivity contribution in [2.24, 2.45) is 0 Å². The van der Waals surface area contributed by atoms with E-state index in [9.17, 15) is 0 Å². The van der Waals surface area contributed by atoms with E-state index in [1.807, 2.05) is 30.3 Å². The Kier molecular flexibility index (Phi) is 5.45. The zero-order chi connectivity index (χ0) is 20.4. The fourth-order valence-corrected chi connectivity index (χ4v) is 4.22. The van der Waals surface area contributed by atoms with Crippen LogP contribution in [0.2, 0.25) is 0 Å². The Bertz CT molecular complexity index is 1030. The Morgan fingerprint density at radius 2 is 1.90 bits per heavy atom. The van der Waals surface area contributed by atoms with Gasteiger partial charge in [-0.05, 0) is 67.2 Å². The maximum absolute atomic E-state index is 5.85. The van der Waals surface area contributed by atoms with E-state index in [1.165, 1.54) is 11.3 Å². The topological polar surface area (TPSA) is 38.7 Å². The van der Waals surface area contributed by atoms with Crippen LogP contribution in [0.25, 0.3) is 0 Å². The number of benzene rings is 2. The highest BCUT2D eigenvalue weighted by Gasteiger charge is 2.33. The summed E-state index contributed by atoms with van der Waals surface area (Å²) in [6.45, 7) is 3.75. The van der Waals surface area contributed by atoms with Crippen LogP contribution in [0, 0.1) is 6.92 Å². The van der Waals surface area contributed by atoms with E-state index in [0.717, 1.165) is 35.8 Å². The SMILES string of the molecule is COc1ccc(OC)c([C@@H]2c3cccn3CCN2C(=S)Nc2cccc(C)c2)c1. The Morgan fingerprint density at radius 1 is 1.03 bits per heavy atom. The van der Waals surface area contributed by atoms with Gasteiger partial charge in [-0.2, -0.15) is 0 Å². The van der Waals surface area contributed by atoms with E-state index < -0.39 is 0 Å². The number of nitrogens with one attached hydrogen (secondary N) is 1. The molecule has 1 aromatic heterocycles. The third kappa shape index (κ3) is 3.80. The molecule has 0 fully saturated rings. The van der Waals surface area contributed by atoms with Crippen molar-refractivity contribution in [1.82, 2.24) is 9.47 Å². The van der Waals surface area contributed by atoms with Gasteiger partial charge in [0.15, 0.2) is 5.11 Å². The zero-order valence-corrected chi connectivity index (χ0v) is 17.7. The summed E-state index contributed by atoms with van der Waals surface area (Å²) in [5.41, 5.74) is 4.39. The van der Waals surface area contributed by atoms with Gasteiger partial charge in [0.2, 0.25) is 0 Å². The fraction of sp³-hybridized carbons (Fsp3) is 0.261. The molecule has 0 unspecified atom stereocenters. The number of anilines is 1. The highest BCUT2D eigenvalue weighted by molar-refractivity contribution is 7.80. The number of aryl methyl sites for hydroxylation is 1. The largest absolute Gasteiger partial charge is 0.497 e. The van der Waals surface area contributed by atoms with Gasteiger partial charge in [-0.3, -0.25) is 0 Å². The predicted octanol–water partition coefficient (Wildman–Crippen LogP) is 4.62. The summed E-state index contributed by atoms with van der Waals surface area (Å²) in [4.78, 5) is 2.23. The number of aromatic nitrogens is 1. The molecule has 0 amide bonds. The number of nitrogens with zero attached hydrogens (tertiary/aromatic N) is 2. The Labute approximate surface area is 176 Å². The summed E-state index contributed by atoms with van der Waals surface area (Å²) < 4.78 is 13.5. The van der Waals surface area contributed by atoms with Crippen LogP contribution in [0.3, 0.4) is 0 Å². The van der Waals surface area contributed by atoms with Gasteiger partial charge < -0.3 is 24.3 Å². The lowest BCUT2D eigenvalue weighted by atomic mass is 9.99. The second-order valence-electron chi connectivity index (χ2n) is 7.13. The monoisotopic (exact) mass is 407 g/mol. The molecule has 1 aliphatic rings. The number of fused-ring (bicyclic) bond motifs is 1. The molecule has 0 radical (unpaired) electrons. The summed E-state index contributed by atoms with van der Waals surface area (Å²) in [5.74, 6) is 1.61. The predicted molar refractivity (Wildman–Crippen MR) is 120 cm³/mol. The van der Waals surface area contributed by atoms with Crippen molar-refractivity contribution in [3.63, 3.8) is 0 Å². The molecule has 4 rings (SSSR count). The van der Waals surface area contributed by atoms with Crippen LogP contribution in [-0.2, 0) is 6.54 Å². The molecule has 0 aliphatic carbocycles. The van der Waals surface area contributed by atoms with Crippen LogP contribution < -0.4 is 14.8 Å². The molecule has 1 aliphatic heterocycles. The summed E-state index contributed by atoms with van der Waals surface area (Å²) in [6, 6.07) is 18.3. The molecule has 0 saturated carbocycles. The lowest BCUT2D eigenvalue weighted by Gasteiger charge is -2.39. The Balaban J connectivity index is 1.75. The van der Waals surface area contributed by atoms with E-state index in [2.05, 4.69) is 52.2 Å². The molecule has 0 bridgehead atoms. The minimum Gasteiger partial charge on any atom is -0.497 e. The molecule has 5 nitrogen and oxygen atoms in total. The lowest BCUT2D eigenvalue weighted by Crippen LogP contribution is -2.44. The number of ether oxygens (including phenoxy) is 2. The molecular weight excluding hydrogens is 382 g/mol. The first-order valence-electron chi connectivity index (χ1n) is 9.62. The van der Waals surface area contributed by atoms with Crippen LogP contribution >= 0.6 is 12.2 Å². The second-order valence-corrected chi connectivity index (χ2v) is 7.52. The third-order valence-corrected chi connectivity index (χ3v) is 5.64. The molecule has 0 saturated heterocycles. The third-order valence-electron chi connectivity index (χ3n) is 5.30. The quantitative estimate of drug-likeness (QED) is 0.639. The molecule has 6 heteroatoms. The molecule has 3 aromatic rings. The number of thiocarbonyl (C=S) groups is 1. The molecular formula is C23H25N3O2S. The average Bonchev–Trinajstić information content (AvgIpc) is 3.21. The molecule has 29 heavy (non-hydrogen) atoms. The fourth-order valence-electron chi connectivity index (χ4n) is 3.90. The first-order chi connectivity index (χ1) is 14.1. The van der Waals surface area contributed by atoms with Gasteiger partial charge in [0.25, 0.3) is 0 Å². The number of hydrogen-bond acceptors (Lipinski definition) is 3.